The maximum absolute atomic E-state index is 11.4. The molecule has 0 amide bonds. The fraction of sp³-hybridized carbons (Fsp3) is 0.385. The maximum atomic E-state index is 11.4. The lowest BCUT2D eigenvalue weighted by Gasteiger charge is -2.08. The quantitative estimate of drug-likeness (QED) is 0.830. The molecule has 2 N–H and O–H groups in total. The number of rotatable bonds is 6. The maximum Gasteiger partial charge on any atom is 0.260 e. The van der Waals surface area contributed by atoms with Crippen LogP contribution in [0.2, 0.25) is 5.02 Å². The van der Waals surface area contributed by atoms with E-state index in [4.69, 9.17) is 16.1 Å². The first kappa shape index (κ1) is 16.7. The fourth-order valence-corrected chi connectivity index (χ4v) is 2.55. The molecule has 22 heavy (non-hydrogen) atoms. The summed E-state index contributed by atoms with van der Waals surface area (Å²) in [6.45, 7) is 1.99. The first-order valence-electron chi connectivity index (χ1n) is 6.56. The Balaban J connectivity index is 2.37. The van der Waals surface area contributed by atoms with Crippen molar-refractivity contribution in [3.63, 3.8) is 0 Å². The molecule has 1 atom stereocenters. The zero-order valence-electron chi connectivity index (χ0n) is 12.4. The summed E-state index contributed by atoms with van der Waals surface area (Å²) in [6, 6.07) is 4.91. The predicted molar refractivity (Wildman–Crippen MR) is 85.4 cm³/mol. The van der Waals surface area contributed by atoms with E-state index in [-0.39, 0.29) is 11.9 Å². The summed E-state index contributed by atoms with van der Waals surface area (Å²) >= 11 is 5.97. The average Bonchev–Trinajstić information content (AvgIpc) is 2.87. The molecule has 0 aliphatic rings. The Labute approximate surface area is 134 Å². The highest BCUT2D eigenvalue weighted by Gasteiger charge is 2.17. The Morgan fingerprint density at radius 1 is 1.41 bits per heavy atom. The number of hydrogen-bond donors (Lipinski definition) is 2. The second-order valence-corrected chi connectivity index (χ2v) is 7.16. The van der Waals surface area contributed by atoms with Gasteiger partial charge in [-0.25, -0.2) is 8.42 Å². The van der Waals surface area contributed by atoms with E-state index in [1.807, 2.05) is 14.0 Å². The number of nitrogens with zero attached hydrogens (tertiary/aromatic N) is 2. The predicted octanol–water partition coefficient (Wildman–Crippen LogP) is 1.91. The van der Waals surface area contributed by atoms with E-state index in [1.54, 1.807) is 18.2 Å². The molecule has 0 radical (unpaired) electrons. The number of aromatic nitrogens is 2. The van der Waals surface area contributed by atoms with Gasteiger partial charge >= 0.3 is 0 Å². The van der Waals surface area contributed by atoms with Gasteiger partial charge in [0.1, 0.15) is 0 Å². The molecule has 0 bridgehead atoms. The lowest BCUT2D eigenvalue weighted by atomic mass is 10.2. The Morgan fingerprint density at radius 2 is 2.14 bits per heavy atom. The molecular formula is C13H17ClN4O3S. The molecule has 0 spiro atoms. The highest BCUT2D eigenvalue weighted by molar-refractivity contribution is 7.92. The number of benzene rings is 1. The number of hydrogen-bond acceptors (Lipinski definition) is 6. The Morgan fingerprint density at radius 3 is 2.77 bits per heavy atom. The van der Waals surface area contributed by atoms with Crippen LogP contribution in [-0.4, -0.2) is 37.9 Å². The summed E-state index contributed by atoms with van der Waals surface area (Å²) in [5.74, 6) is 0.745. The lowest BCUT2D eigenvalue weighted by Crippen LogP contribution is -2.24. The minimum absolute atomic E-state index is 0.193. The van der Waals surface area contributed by atoms with E-state index in [0.717, 1.165) is 6.26 Å². The van der Waals surface area contributed by atoms with Crippen molar-refractivity contribution in [2.45, 2.75) is 19.4 Å². The van der Waals surface area contributed by atoms with Gasteiger partial charge in [-0.3, -0.25) is 4.72 Å². The normalized spacial score (nSPS) is 13.1. The summed E-state index contributed by atoms with van der Waals surface area (Å²) in [5, 5.41) is 7.42. The molecule has 1 unspecified atom stereocenters. The standard InChI is InChI=1S/C13H17ClN4O3S/c1-8(15-2)6-12-16-13(21-17-12)10-7-9(14)4-5-11(10)18-22(3,19)20/h4-5,7-8,15,18H,6H2,1-3H3. The zero-order valence-corrected chi connectivity index (χ0v) is 14.0. The SMILES string of the molecule is CNC(C)Cc1noc(-c2cc(Cl)ccc2NS(C)(=O)=O)n1. The van der Waals surface area contributed by atoms with Gasteiger partial charge in [-0.2, -0.15) is 4.98 Å². The van der Waals surface area contributed by atoms with Crippen molar-refractivity contribution in [2.24, 2.45) is 0 Å². The number of nitrogens with one attached hydrogen (secondary N) is 2. The molecule has 2 rings (SSSR count). The molecule has 1 aromatic carbocycles. The largest absolute Gasteiger partial charge is 0.334 e. The summed E-state index contributed by atoms with van der Waals surface area (Å²) in [5.41, 5.74) is 0.776. The third-order valence-corrected chi connectivity index (χ3v) is 3.78. The molecule has 7 nitrogen and oxygen atoms in total. The average molecular weight is 345 g/mol. The van der Waals surface area contributed by atoms with Crippen LogP contribution in [-0.2, 0) is 16.4 Å². The molecule has 0 aliphatic carbocycles. The van der Waals surface area contributed by atoms with Crippen LogP contribution >= 0.6 is 11.6 Å². The number of likely N-dealkylation sites (N-methyl/N-ethyl adjacent to an activating group) is 1. The van der Waals surface area contributed by atoms with Gasteiger partial charge in [0.2, 0.25) is 10.0 Å². The first-order valence-corrected chi connectivity index (χ1v) is 8.83. The molecule has 120 valence electrons. The van der Waals surface area contributed by atoms with Crippen LogP contribution in [0.3, 0.4) is 0 Å². The van der Waals surface area contributed by atoms with Gasteiger partial charge in [0, 0.05) is 17.5 Å². The van der Waals surface area contributed by atoms with Crippen molar-refractivity contribution < 1.29 is 12.9 Å². The van der Waals surface area contributed by atoms with Gasteiger partial charge in [0.05, 0.1) is 17.5 Å². The summed E-state index contributed by atoms with van der Waals surface area (Å²) in [6.07, 6.45) is 1.66. The van der Waals surface area contributed by atoms with Gasteiger partial charge < -0.3 is 9.84 Å². The highest BCUT2D eigenvalue weighted by Crippen LogP contribution is 2.30. The van der Waals surface area contributed by atoms with E-state index in [2.05, 4.69) is 20.2 Å². The zero-order chi connectivity index (χ0) is 16.3. The molecule has 1 aromatic heterocycles. The van der Waals surface area contributed by atoms with Crippen molar-refractivity contribution in [3.05, 3.63) is 29.0 Å². The van der Waals surface area contributed by atoms with E-state index in [1.165, 1.54) is 0 Å². The monoisotopic (exact) mass is 344 g/mol. The minimum Gasteiger partial charge on any atom is -0.334 e. The smallest absolute Gasteiger partial charge is 0.260 e. The van der Waals surface area contributed by atoms with Crippen LogP contribution in [0.15, 0.2) is 22.7 Å². The minimum atomic E-state index is -3.43. The second kappa shape index (κ2) is 6.64. The number of halogens is 1. The van der Waals surface area contributed by atoms with Gasteiger partial charge in [0.15, 0.2) is 5.82 Å². The van der Waals surface area contributed by atoms with Crippen molar-refractivity contribution >= 4 is 27.3 Å². The fourth-order valence-electron chi connectivity index (χ4n) is 1.80. The van der Waals surface area contributed by atoms with E-state index < -0.39 is 10.0 Å². The van der Waals surface area contributed by atoms with Crippen molar-refractivity contribution in [3.8, 4) is 11.5 Å². The molecule has 0 aliphatic heterocycles. The van der Waals surface area contributed by atoms with Crippen LogP contribution in [0.1, 0.15) is 12.7 Å². The molecular weight excluding hydrogens is 328 g/mol. The molecule has 9 heteroatoms. The van der Waals surface area contributed by atoms with Crippen molar-refractivity contribution in [1.82, 2.24) is 15.5 Å². The first-order chi connectivity index (χ1) is 10.3. The van der Waals surface area contributed by atoms with Gasteiger partial charge in [-0.15, -0.1) is 0 Å². The number of sulfonamides is 1. The van der Waals surface area contributed by atoms with Crippen LogP contribution in [0.5, 0.6) is 0 Å². The van der Waals surface area contributed by atoms with Gasteiger partial charge in [-0.05, 0) is 32.2 Å². The molecule has 2 aromatic rings. The third-order valence-electron chi connectivity index (χ3n) is 2.96. The summed E-state index contributed by atoms with van der Waals surface area (Å²) < 4.78 is 30.5. The lowest BCUT2D eigenvalue weighted by molar-refractivity contribution is 0.418. The highest BCUT2D eigenvalue weighted by atomic mass is 35.5. The Bertz CT molecular complexity index is 760. The third kappa shape index (κ3) is 4.43. The van der Waals surface area contributed by atoms with Gasteiger partial charge in [0.25, 0.3) is 5.89 Å². The summed E-state index contributed by atoms with van der Waals surface area (Å²) in [7, 11) is -1.59. The van der Waals surface area contributed by atoms with Crippen LogP contribution in [0.25, 0.3) is 11.5 Å². The number of anilines is 1. The Hall–Kier alpha value is -1.64. The second-order valence-electron chi connectivity index (χ2n) is 4.97. The topological polar surface area (TPSA) is 97.1 Å². The molecule has 0 saturated heterocycles. The Kier molecular flexibility index (Phi) is 5.05. The molecule has 0 fully saturated rings. The van der Waals surface area contributed by atoms with Gasteiger partial charge in [-0.1, -0.05) is 16.8 Å². The molecule has 0 saturated carbocycles. The van der Waals surface area contributed by atoms with E-state index in [9.17, 15) is 8.42 Å². The van der Waals surface area contributed by atoms with Crippen molar-refractivity contribution in [1.29, 1.82) is 0 Å². The van der Waals surface area contributed by atoms with Crippen LogP contribution in [0.4, 0.5) is 5.69 Å². The van der Waals surface area contributed by atoms with E-state index >= 15 is 0 Å². The van der Waals surface area contributed by atoms with Crippen LogP contribution < -0.4 is 10.0 Å². The molecule has 1 heterocycles. The van der Waals surface area contributed by atoms with Crippen molar-refractivity contribution in [2.75, 3.05) is 18.0 Å². The summed E-state index contributed by atoms with van der Waals surface area (Å²) in [4.78, 5) is 4.29. The van der Waals surface area contributed by atoms with Crippen LogP contribution in [0, 0.1) is 0 Å². The van der Waals surface area contributed by atoms with E-state index in [0.29, 0.717) is 28.5 Å².